The van der Waals surface area contributed by atoms with Crippen molar-refractivity contribution in [1.29, 1.82) is 5.41 Å². The summed E-state index contributed by atoms with van der Waals surface area (Å²) in [5.41, 5.74) is 12.2. The number of carbonyl (C=O) groups excluding carboxylic acids is 1. The van der Waals surface area contributed by atoms with E-state index in [1.165, 1.54) is 0 Å². The SMILES string of the molecule is CC(C)CN(CC(N)=O)c1cccc(C(=N)N)c1. The Labute approximate surface area is 107 Å². The number of anilines is 1. The number of hydrogen-bond donors (Lipinski definition) is 3. The fourth-order valence-corrected chi connectivity index (χ4v) is 1.76. The molecule has 0 saturated heterocycles. The van der Waals surface area contributed by atoms with Crippen molar-refractivity contribution in [3.8, 4) is 0 Å². The first-order chi connectivity index (χ1) is 8.40. The third-order valence-corrected chi connectivity index (χ3v) is 2.45. The molecule has 0 heterocycles. The molecule has 0 unspecified atom stereocenters. The van der Waals surface area contributed by atoms with E-state index in [9.17, 15) is 4.79 Å². The van der Waals surface area contributed by atoms with Crippen molar-refractivity contribution in [2.45, 2.75) is 13.8 Å². The molecule has 0 atom stereocenters. The molecule has 0 aromatic heterocycles. The minimum absolute atomic E-state index is 0.0143. The lowest BCUT2D eigenvalue weighted by Crippen LogP contribution is -2.36. The third kappa shape index (κ3) is 4.08. The zero-order valence-electron chi connectivity index (χ0n) is 10.8. The highest BCUT2D eigenvalue weighted by Gasteiger charge is 2.12. The van der Waals surface area contributed by atoms with Gasteiger partial charge >= 0.3 is 0 Å². The highest BCUT2D eigenvalue weighted by Crippen LogP contribution is 2.17. The van der Waals surface area contributed by atoms with Gasteiger partial charge in [0.2, 0.25) is 5.91 Å². The van der Waals surface area contributed by atoms with Crippen molar-refractivity contribution in [3.05, 3.63) is 29.8 Å². The van der Waals surface area contributed by atoms with Crippen LogP contribution < -0.4 is 16.4 Å². The molecule has 0 aliphatic rings. The summed E-state index contributed by atoms with van der Waals surface area (Å²) >= 11 is 0. The molecule has 5 nitrogen and oxygen atoms in total. The highest BCUT2D eigenvalue weighted by molar-refractivity contribution is 5.96. The van der Waals surface area contributed by atoms with Crippen molar-refractivity contribution >= 4 is 17.4 Å². The van der Waals surface area contributed by atoms with E-state index in [0.717, 1.165) is 12.2 Å². The smallest absolute Gasteiger partial charge is 0.236 e. The van der Waals surface area contributed by atoms with Gasteiger partial charge in [-0.2, -0.15) is 0 Å². The zero-order valence-corrected chi connectivity index (χ0v) is 10.8. The van der Waals surface area contributed by atoms with E-state index in [2.05, 4.69) is 13.8 Å². The number of nitrogens with one attached hydrogen (secondary N) is 1. The maximum absolute atomic E-state index is 11.1. The first-order valence-electron chi connectivity index (χ1n) is 5.88. The summed E-state index contributed by atoms with van der Waals surface area (Å²) in [7, 11) is 0. The van der Waals surface area contributed by atoms with Crippen LogP contribution in [0, 0.1) is 11.3 Å². The average Bonchev–Trinajstić information content (AvgIpc) is 2.27. The molecule has 0 aliphatic heterocycles. The molecule has 0 spiro atoms. The van der Waals surface area contributed by atoms with Crippen molar-refractivity contribution in [2.75, 3.05) is 18.0 Å². The van der Waals surface area contributed by atoms with Crippen LogP contribution in [-0.4, -0.2) is 24.8 Å². The van der Waals surface area contributed by atoms with Crippen molar-refractivity contribution in [2.24, 2.45) is 17.4 Å². The van der Waals surface area contributed by atoms with Gasteiger partial charge in [-0.1, -0.05) is 26.0 Å². The topological polar surface area (TPSA) is 96.2 Å². The van der Waals surface area contributed by atoms with Crippen molar-refractivity contribution < 1.29 is 4.79 Å². The monoisotopic (exact) mass is 248 g/mol. The maximum atomic E-state index is 11.1. The van der Waals surface area contributed by atoms with Crippen molar-refractivity contribution in [1.82, 2.24) is 0 Å². The van der Waals surface area contributed by atoms with Crippen LogP contribution in [0.2, 0.25) is 0 Å². The summed E-state index contributed by atoms with van der Waals surface area (Å²) in [6.45, 7) is 5.04. The van der Waals surface area contributed by atoms with E-state index in [-0.39, 0.29) is 18.3 Å². The average molecular weight is 248 g/mol. The quantitative estimate of drug-likeness (QED) is 0.516. The fraction of sp³-hybridized carbons (Fsp3) is 0.385. The van der Waals surface area contributed by atoms with E-state index in [0.29, 0.717) is 11.5 Å². The molecule has 98 valence electrons. The summed E-state index contributed by atoms with van der Waals surface area (Å²) < 4.78 is 0. The van der Waals surface area contributed by atoms with Gasteiger partial charge in [0, 0.05) is 17.8 Å². The van der Waals surface area contributed by atoms with Crippen LogP contribution in [-0.2, 0) is 4.79 Å². The van der Waals surface area contributed by atoms with E-state index in [4.69, 9.17) is 16.9 Å². The van der Waals surface area contributed by atoms with E-state index in [1.807, 2.05) is 17.0 Å². The second-order valence-electron chi connectivity index (χ2n) is 4.70. The maximum Gasteiger partial charge on any atom is 0.236 e. The van der Waals surface area contributed by atoms with Gasteiger partial charge in [-0.15, -0.1) is 0 Å². The molecule has 1 aromatic carbocycles. The molecule has 0 bridgehead atoms. The summed E-state index contributed by atoms with van der Waals surface area (Å²) in [5.74, 6) is 0.0506. The Hall–Kier alpha value is -2.04. The summed E-state index contributed by atoms with van der Waals surface area (Å²) in [5, 5.41) is 7.42. The van der Waals surface area contributed by atoms with Gasteiger partial charge in [-0.25, -0.2) is 0 Å². The summed E-state index contributed by atoms with van der Waals surface area (Å²) in [4.78, 5) is 13.0. The number of nitrogens with two attached hydrogens (primary N) is 2. The second kappa shape index (κ2) is 6.05. The highest BCUT2D eigenvalue weighted by atomic mass is 16.1. The Morgan fingerprint density at radius 3 is 2.56 bits per heavy atom. The van der Waals surface area contributed by atoms with E-state index >= 15 is 0 Å². The van der Waals surface area contributed by atoms with Gasteiger partial charge in [-0.3, -0.25) is 10.2 Å². The molecular weight excluding hydrogens is 228 g/mol. The van der Waals surface area contributed by atoms with Gasteiger partial charge in [0.05, 0.1) is 6.54 Å². The van der Waals surface area contributed by atoms with Crippen LogP contribution in [0.4, 0.5) is 5.69 Å². The first-order valence-corrected chi connectivity index (χ1v) is 5.88. The molecule has 18 heavy (non-hydrogen) atoms. The molecule has 1 aromatic rings. The lowest BCUT2D eigenvalue weighted by Gasteiger charge is -2.25. The second-order valence-corrected chi connectivity index (χ2v) is 4.70. The Bertz CT molecular complexity index is 442. The number of nitrogens with zero attached hydrogens (tertiary/aromatic N) is 1. The standard InChI is InChI=1S/C13H20N4O/c1-9(2)7-17(8-12(14)18)11-5-3-4-10(6-11)13(15)16/h3-6,9H,7-8H2,1-2H3,(H2,14,18)(H3,15,16). The molecule has 5 heteroatoms. The number of hydrogen-bond acceptors (Lipinski definition) is 3. The Kier molecular flexibility index (Phi) is 4.71. The Morgan fingerprint density at radius 1 is 1.39 bits per heavy atom. The van der Waals surface area contributed by atoms with E-state index < -0.39 is 0 Å². The predicted molar refractivity (Wildman–Crippen MR) is 73.7 cm³/mol. The van der Waals surface area contributed by atoms with Crippen LogP contribution in [0.1, 0.15) is 19.4 Å². The number of nitrogen functional groups attached to an aromatic ring is 1. The van der Waals surface area contributed by atoms with Gasteiger partial charge < -0.3 is 16.4 Å². The first kappa shape index (κ1) is 14.0. The third-order valence-electron chi connectivity index (χ3n) is 2.45. The van der Waals surface area contributed by atoms with Crippen LogP contribution >= 0.6 is 0 Å². The minimum atomic E-state index is -0.371. The van der Waals surface area contributed by atoms with Crippen LogP contribution in [0.3, 0.4) is 0 Å². The fourth-order valence-electron chi connectivity index (χ4n) is 1.76. The predicted octanol–water partition coefficient (Wildman–Crippen LogP) is 0.918. The minimum Gasteiger partial charge on any atom is -0.384 e. The number of primary amides is 1. The van der Waals surface area contributed by atoms with Gasteiger partial charge in [0.1, 0.15) is 5.84 Å². The molecule has 0 aliphatic carbocycles. The summed E-state index contributed by atoms with van der Waals surface area (Å²) in [6.07, 6.45) is 0. The Balaban J connectivity index is 3.00. The molecule has 1 rings (SSSR count). The number of carbonyl (C=O) groups is 1. The van der Waals surface area contributed by atoms with E-state index in [1.54, 1.807) is 12.1 Å². The van der Waals surface area contributed by atoms with Crippen LogP contribution in [0.25, 0.3) is 0 Å². The number of rotatable bonds is 6. The molecule has 5 N–H and O–H groups in total. The van der Waals surface area contributed by atoms with Gasteiger partial charge in [-0.05, 0) is 18.1 Å². The van der Waals surface area contributed by atoms with Gasteiger partial charge in [0.15, 0.2) is 0 Å². The van der Waals surface area contributed by atoms with Gasteiger partial charge in [0.25, 0.3) is 0 Å². The molecule has 1 amide bonds. The largest absolute Gasteiger partial charge is 0.384 e. The number of benzene rings is 1. The van der Waals surface area contributed by atoms with Crippen molar-refractivity contribution in [3.63, 3.8) is 0 Å². The molecular formula is C13H20N4O. The number of amides is 1. The molecule has 0 fully saturated rings. The molecule has 0 radical (unpaired) electrons. The lowest BCUT2D eigenvalue weighted by atomic mass is 10.1. The molecule has 0 saturated carbocycles. The van der Waals surface area contributed by atoms with Crippen LogP contribution in [0.15, 0.2) is 24.3 Å². The Morgan fingerprint density at radius 2 is 2.06 bits per heavy atom. The summed E-state index contributed by atoms with van der Waals surface area (Å²) in [6, 6.07) is 7.27. The lowest BCUT2D eigenvalue weighted by molar-refractivity contribution is -0.116. The zero-order chi connectivity index (χ0) is 13.7. The normalized spacial score (nSPS) is 10.4. The number of amidine groups is 1. The van der Waals surface area contributed by atoms with Crippen LogP contribution in [0.5, 0.6) is 0 Å².